The lowest BCUT2D eigenvalue weighted by Crippen LogP contribution is -2.02. The molecule has 0 aliphatic rings. The first-order valence-electron chi connectivity index (χ1n) is 6.97. The van der Waals surface area contributed by atoms with Crippen LogP contribution in [-0.2, 0) is 6.61 Å². The first kappa shape index (κ1) is 13.6. The van der Waals surface area contributed by atoms with E-state index in [2.05, 4.69) is 4.98 Å². The summed E-state index contributed by atoms with van der Waals surface area (Å²) in [5.74, 6) is 0.750. The maximum atomic E-state index is 9.97. The Morgan fingerprint density at radius 2 is 1.81 bits per heavy atom. The molecule has 21 heavy (non-hydrogen) atoms. The summed E-state index contributed by atoms with van der Waals surface area (Å²) in [6.45, 7) is 2.21. The zero-order chi connectivity index (χ0) is 14.7. The van der Waals surface area contributed by atoms with Crippen molar-refractivity contribution in [3.05, 3.63) is 72.1 Å². The van der Waals surface area contributed by atoms with E-state index in [0.29, 0.717) is 6.61 Å². The number of fused-ring (bicyclic) bond motifs is 1. The standard InChI is InChI=1S/C18H17NO2/c1-13(20)16-7-6-15-4-2-3-5-17(15)18(16)21-12-14-8-10-19-11-9-14/h2-11,13,20H,12H2,1H3/t13-/m1/s1. The first-order valence-corrected chi connectivity index (χ1v) is 6.97. The zero-order valence-electron chi connectivity index (χ0n) is 11.9. The van der Waals surface area contributed by atoms with E-state index < -0.39 is 6.10 Å². The Hall–Kier alpha value is -2.39. The molecule has 106 valence electrons. The molecule has 0 unspecified atom stereocenters. The summed E-state index contributed by atoms with van der Waals surface area (Å²) in [5.41, 5.74) is 1.86. The van der Waals surface area contributed by atoms with Crippen LogP contribution in [0, 0.1) is 0 Å². The lowest BCUT2D eigenvalue weighted by atomic mass is 10.0. The van der Waals surface area contributed by atoms with E-state index in [4.69, 9.17) is 4.74 Å². The number of nitrogens with zero attached hydrogens (tertiary/aromatic N) is 1. The molecule has 2 aromatic carbocycles. The van der Waals surface area contributed by atoms with Crippen LogP contribution in [0.2, 0.25) is 0 Å². The van der Waals surface area contributed by atoms with Gasteiger partial charge in [-0.2, -0.15) is 0 Å². The van der Waals surface area contributed by atoms with Crippen LogP contribution in [0.5, 0.6) is 5.75 Å². The van der Waals surface area contributed by atoms with Gasteiger partial charge in [0.15, 0.2) is 0 Å². The third-order valence-electron chi connectivity index (χ3n) is 3.49. The van der Waals surface area contributed by atoms with Crippen LogP contribution in [0.15, 0.2) is 60.9 Å². The molecule has 1 heterocycles. The quantitative estimate of drug-likeness (QED) is 0.788. The van der Waals surface area contributed by atoms with Crippen LogP contribution in [0.25, 0.3) is 10.8 Å². The Morgan fingerprint density at radius 3 is 2.57 bits per heavy atom. The van der Waals surface area contributed by atoms with Crippen molar-refractivity contribution in [1.82, 2.24) is 4.98 Å². The summed E-state index contributed by atoms with van der Waals surface area (Å²) in [4.78, 5) is 4.00. The summed E-state index contributed by atoms with van der Waals surface area (Å²) in [7, 11) is 0. The van der Waals surface area contributed by atoms with Gasteiger partial charge in [0, 0.05) is 23.3 Å². The van der Waals surface area contributed by atoms with E-state index in [1.807, 2.05) is 48.5 Å². The molecular formula is C18H17NO2. The molecule has 3 nitrogen and oxygen atoms in total. The van der Waals surface area contributed by atoms with Crippen molar-refractivity contribution in [2.45, 2.75) is 19.6 Å². The van der Waals surface area contributed by atoms with Crippen molar-refractivity contribution < 1.29 is 9.84 Å². The fourth-order valence-electron chi connectivity index (χ4n) is 2.38. The Labute approximate surface area is 123 Å². The summed E-state index contributed by atoms with van der Waals surface area (Å²) >= 11 is 0. The minimum Gasteiger partial charge on any atom is -0.488 e. The number of hydrogen-bond acceptors (Lipinski definition) is 3. The molecule has 0 amide bonds. The number of ether oxygens (including phenoxy) is 1. The van der Waals surface area contributed by atoms with Gasteiger partial charge in [0.2, 0.25) is 0 Å². The van der Waals surface area contributed by atoms with Gasteiger partial charge < -0.3 is 9.84 Å². The molecule has 0 saturated heterocycles. The SMILES string of the molecule is C[C@@H](O)c1ccc2ccccc2c1OCc1ccncc1. The molecule has 0 fully saturated rings. The van der Waals surface area contributed by atoms with E-state index in [-0.39, 0.29) is 0 Å². The van der Waals surface area contributed by atoms with Crippen molar-refractivity contribution in [2.24, 2.45) is 0 Å². The van der Waals surface area contributed by atoms with Crippen LogP contribution < -0.4 is 4.74 Å². The molecule has 1 aromatic heterocycles. The van der Waals surface area contributed by atoms with E-state index in [9.17, 15) is 5.11 Å². The molecule has 3 aromatic rings. The summed E-state index contributed by atoms with van der Waals surface area (Å²) in [5, 5.41) is 12.1. The Kier molecular flexibility index (Phi) is 3.84. The highest BCUT2D eigenvalue weighted by Gasteiger charge is 2.13. The normalized spacial score (nSPS) is 12.3. The van der Waals surface area contributed by atoms with Gasteiger partial charge >= 0.3 is 0 Å². The van der Waals surface area contributed by atoms with Crippen LogP contribution in [0.4, 0.5) is 0 Å². The number of benzene rings is 2. The van der Waals surface area contributed by atoms with Crippen LogP contribution in [0.3, 0.4) is 0 Å². The van der Waals surface area contributed by atoms with Crippen molar-refractivity contribution >= 4 is 10.8 Å². The second-order valence-electron chi connectivity index (χ2n) is 5.03. The third kappa shape index (κ3) is 2.88. The van der Waals surface area contributed by atoms with Gasteiger partial charge in [-0.05, 0) is 30.0 Å². The number of hydrogen-bond donors (Lipinski definition) is 1. The lowest BCUT2D eigenvalue weighted by Gasteiger charge is -2.16. The Morgan fingerprint density at radius 1 is 1.05 bits per heavy atom. The van der Waals surface area contributed by atoms with Gasteiger partial charge in [-0.1, -0.05) is 36.4 Å². The molecule has 1 N–H and O–H groups in total. The third-order valence-corrected chi connectivity index (χ3v) is 3.49. The Bertz CT molecular complexity index is 739. The van der Waals surface area contributed by atoms with Crippen LogP contribution in [-0.4, -0.2) is 10.1 Å². The topological polar surface area (TPSA) is 42.4 Å². The highest BCUT2D eigenvalue weighted by Crippen LogP contribution is 2.34. The maximum absolute atomic E-state index is 9.97. The second kappa shape index (κ2) is 5.94. The number of aliphatic hydroxyl groups is 1. The molecule has 0 radical (unpaired) electrons. The minimum atomic E-state index is -0.568. The number of aliphatic hydroxyl groups excluding tert-OH is 1. The predicted octanol–water partition coefficient (Wildman–Crippen LogP) is 3.87. The van der Waals surface area contributed by atoms with Crippen molar-refractivity contribution in [3.8, 4) is 5.75 Å². The average Bonchev–Trinajstić information content (AvgIpc) is 2.53. The van der Waals surface area contributed by atoms with E-state index >= 15 is 0 Å². The molecule has 0 aliphatic carbocycles. The smallest absolute Gasteiger partial charge is 0.133 e. The van der Waals surface area contributed by atoms with Gasteiger partial charge in [-0.15, -0.1) is 0 Å². The highest BCUT2D eigenvalue weighted by atomic mass is 16.5. The van der Waals surface area contributed by atoms with E-state index in [0.717, 1.165) is 27.6 Å². The van der Waals surface area contributed by atoms with Gasteiger partial charge in [0.1, 0.15) is 12.4 Å². The molecule has 0 aliphatic heterocycles. The van der Waals surface area contributed by atoms with Crippen molar-refractivity contribution in [1.29, 1.82) is 0 Å². The van der Waals surface area contributed by atoms with Crippen molar-refractivity contribution in [3.63, 3.8) is 0 Å². The van der Waals surface area contributed by atoms with Gasteiger partial charge in [0.25, 0.3) is 0 Å². The largest absolute Gasteiger partial charge is 0.488 e. The average molecular weight is 279 g/mol. The van der Waals surface area contributed by atoms with Gasteiger partial charge in [-0.3, -0.25) is 4.98 Å². The molecule has 3 heteroatoms. The molecular weight excluding hydrogens is 262 g/mol. The minimum absolute atomic E-state index is 0.455. The van der Waals surface area contributed by atoms with Gasteiger partial charge in [0.05, 0.1) is 6.10 Å². The monoisotopic (exact) mass is 279 g/mol. The number of rotatable bonds is 4. The van der Waals surface area contributed by atoms with Crippen LogP contribution >= 0.6 is 0 Å². The second-order valence-corrected chi connectivity index (χ2v) is 5.03. The van der Waals surface area contributed by atoms with E-state index in [1.54, 1.807) is 19.3 Å². The Balaban J connectivity index is 2.00. The summed E-state index contributed by atoms with van der Waals surface area (Å²) < 4.78 is 6.01. The summed E-state index contributed by atoms with van der Waals surface area (Å²) in [6.07, 6.45) is 2.93. The molecule has 3 rings (SSSR count). The number of aromatic nitrogens is 1. The highest BCUT2D eigenvalue weighted by molar-refractivity contribution is 5.89. The molecule has 0 bridgehead atoms. The fraction of sp³-hybridized carbons (Fsp3) is 0.167. The molecule has 0 saturated carbocycles. The zero-order valence-corrected chi connectivity index (χ0v) is 11.9. The predicted molar refractivity (Wildman–Crippen MR) is 83.2 cm³/mol. The maximum Gasteiger partial charge on any atom is 0.133 e. The fourth-order valence-corrected chi connectivity index (χ4v) is 2.38. The number of pyridine rings is 1. The van der Waals surface area contributed by atoms with Crippen LogP contribution in [0.1, 0.15) is 24.2 Å². The first-order chi connectivity index (χ1) is 10.3. The van der Waals surface area contributed by atoms with E-state index in [1.165, 1.54) is 0 Å². The lowest BCUT2D eigenvalue weighted by molar-refractivity contribution is 0.191. The van der Waals surface area contributed by atoms with Gasteiger partial charge in [-0.25, -0.2) is 0 Å². The molecule has 1 atom stereocenters. The summed E-state index contributed by atoms with van der Waals surface area (Å²) in [6, 6.07) is 15.8. The van der Waals surface area contributed by atoms with Crippen molar-refractivity contribution in [2.75, 3.05) is 0 Å². The molecule has 0 spiro atoms.